The highest BCUT2D eigenvalue weighted by molar-refractivity contribution is 5.93. The van der Waals surface area contributed by atoms with Gasteiger partial charge in [0, 0.05) is 29.7 Å². The molecule has 0 unspecified atom stereocenters. The van der Waals surface area contributed by atoms with Crippen LogP contribution in [-0.2, 0) is 11.2 Å². The number of hydrogen-bond acceptors (Lipinski definition) is 3. The molecule has 1 N–H and O–H groups in total. The zero-order valence-corrected chi connectivity index (χ0v) is 13.4. The zero-order valence-electron chi connectivity index (χ0n) is 13.4. The molecule has 1 aromatic heterocycles. The molecule has 3 aromatic rings. The standard InChI is InChI=1S/C20H18N2O2/c1-24-19-14-17(7-8-18(19)16-9-11-21-12-10-16)22-20(23)13-15-5-3-2-4-6-15/h2-12,14H,13H2,1H3,(H,22,23). The number of hydrogen-bond donors (Lipinski definition) is 1. The summed E-state index contributed by atoms with van der Waals surface area (Å²) in [6.07, 6.45) is 3.82. The van der Waals surface area contributed by atoms with Crippen LogP contribution in [0.25, 0.3) is 11.1 Å². The van der Waals surface area contributed by atoms with Crippen molar-refractivity contribution in [2.24, 2.45) is 0 Å². The van der Waals surface area contributed by atoms with Gasteiger partial charge >= 0.3 is 0 Å². The van der Waals surface area contributed by atoms with E-state index in [4.69, 9.17) is 4.74 Å². The average molecular weight is 318 g/mol. The van der Waals surface area contributed by atoms with Crippen LogP contribution in [0.3, 0.4) is 0 Å². The SMILES string of the molecule is COc1cc(NC(=O)Cc2ccccc2)ccc1-c1ccncc1. The zero-order chi connectivity index (χ0) is 16.8. The maximum Gasteiger partial charge on any atom is 0.228 e. The summed E-state index contributed by atoms with van der Waals surface area (Å²) < 4.78 is 5.47. The molecular weight excluding hydrogens is 300 g/mol. The molecule has 2 aromatic carbocycles. The van der Waals surface area contributed by atoms with E-state index in [1.807, 2.05) is 60.7 Å². The Morgan fingerprint density at radius 2 is 1.79 bits per heavy atom. The Hall–Kier alpha value is -3.14. The first-order chi connectivity index (χ1) is 11.8. The van der Waals surface area contributed by atoms with E-state index in [1.165, 1.54) is 0 Å². The lowest BCUT2D eigenvalue weighted by Gasteiger charge is -2.12. The first-order valence-electron chi connectivity index (χ1n) is 7.68. The van der Waals surface area contributed by atoms with Gasteiger partial charge in [-0.3, -0.25) is 9.78 Å². The summed E-state index contributed by atoms with van der Waals surface area (Å²) in [5, 5.41) is 2.91. The van der Waals surface area contributed by atoms with Crippen LogP contribution in [0.1, 0.15) is 5.56 Å². The molecule has 24 heavy (non-hydrogen) atoms. The van der Waals surface area contributed by atoms with Gasteiger partial charge in [0.05, 0.1) is 13.5 Å². The number of anilines is 1. The van der Waals surface area contributed by atoms with E-state index in [2.05, 4.69) is 10.3 Å². The average Bonchev–Trinajstić information content (AvgIpc) is 2.63. The largest absolute Gasteiger partial charge is 0.496 e. The number of nitrogens with zero attached hydrogens (tertiary/aromatic N) is 1. The molecule has 120 valence electrons. The fourth-order valence-corrected chi connectivity index (χ4v) is 2.53. The third kappa shape index (κ3) is 3.79. The fraction of sp³-hybridized carbons (Fsp3) is 0.100. The van der Waals surface area contributed by atoms with Crippen molar-refractivity contribution in [1.29, 1.82) is 0 Å². The third-order valence-electron chi connectivity index (χ3n) is 3.68. The van der Waals surface area contributed by atoms with Gasteiger partial charge in [0.25, 0.3) is 0 Å². The molecule has 4 heteroatoms. The van der Waals surface area contributed by atoms with E-state index in [1.54, 1.807) is 19.5 Å². The molecule has 1 amide bonds. The number of carbonyl (C=O) groups excluding carboxylic acids is 1. The van der Waals surface area contributed by atoms with Crippen molar-refractivity contribution in [2.75, 3.05) is 12.4 Å². The van der Waals surface area contributed by atoms with Gasteiger partial charge in [-0.05, 0) is 35.4 Å². The topological polar surface area (TPSA) is 51.2 Å². The van der Waals surface area contributed by atoms with E-state index in [-0.39, 0.29) is 5.91 Å². The molecule has 0 aliphatic heterocycles. The van der Waals surface area contributed by atoms with E-state index >= 15 is 0 Å². The Balaban J connectivity index is 1.76. The van der Waals surface area contributed by atoms with Gasteiger partial charge in [-0.15, -0.1) is 0 Å². The van der Waals surface area contributed by atoms with Crippen molar-refractivity contribution in [3.63, 3.8) is 0 Å². The van der Waals surface area contributed by atoms with Gasteiger partial charge < -0.3 is 10.1 Å². The lowest BCUT2D eigenvalue weighted by Crippen LogP contribution is -2.14. The quantitative estimate of drug-likeness (QED) is 0.775. The molecular formula is C20H18N2O2. The number of aromatic nitrogens is 1. The highest BCUT2D eigenvalue weighted by atomic mass is 16.5. The highest BCUT2D eigenvalue weighted by Crippen LogP contribution is 2.32. The first kappa shape index (κ1) is 15.7. The second-order valence-corrected chi connectivity index (χ2v) is 5.36. The molecule has 0 saturated heterocycles. The summed E-state index contributed by atoms with van der Waals surface area (Å²) in [4.78, 5) is 16.2. The van der Waals surface area contributed by atoms with Gasteiger partial charge in [0.2, 0.25) is 5.91 Å². The Morgan fingerprint density at radius 1 is 1.04 bits per heavy atom. The van der Waals surface area contributed by atoms with Crippen molar-refractivity contribution >= 4 is 11.6 Å². The second-order valence-electron chi connectivity index (χ2n) is 5.36. The number of rotatable bonds is 5. The predicted molar refractivity (Wildman–Crippen MR) is 95.0 cm³/mol. The summed E-state index contributed by atoms with van der Waals surface area (Å²) in [5.74, 6) is 0.652. The van der Waals surface area contributed by atoms with Crippen molar-refractivity contribution in [3.05, 3.63) is 78.6 Å². The number of pyridine rings is 1. The van der Waals surface area contributed by atoms with E-state index in [9.17, 15) is 4.79 Å². The number of methoxy groups -OCH3 is 1. The van der Waals surface area contributed by atoms with Crippen LogP contribution in [0.2, 0.25) is 0 Å². The molecule has 0 bridgehead atoms. The van der Waals surface area contributed by atoms with Crippen molar-refractivity contribution < 1.29 is 9.53 Å². The number of nitrogens with one attached hydrogen (secondary N) is 1. The summed E-state index contributed by atoms with van der Waals surface area (Å²) in [5.41, 5.74) is 3.67. The monoisotopic (exact) mass is 318 g/mol. The number of benzene rings is 2. The lowest BCUT2D eigenvalue weighted by molar-refractivity contribution is -0.115. The van der Waals surface area contributed by atoms with E-state index < -0.39 is 0 Å². The maximum atomic E-state index is 12.2. The normalized spacial score (nSPS) is 10.2. The summed E-state index contributed by atoms with van der Waals surface area (Å²) in [6, 6.07) is 19.1. The van der Waals surface area contributed by atoms with Gasteiger partial charge in [-0.25, -0.2) is 0 Å². The minimum atomic E-state index is -0.0556. The second kappa shape index (κ2) is 7.42. The molecule has 0 aliphatic carbocycles. The van der Waals surface area contributed by atoms with Gasteiger partial charge in [-0.2, -0.15) is 0 Å². The Morgan fingerprint density at radius 3 is 2.50 bits per heavy atom. The molecule has 0 spiro atoms. The molecule has 0 fully saturated rings. The maximum absolute atomic E-state index is 12.2. The molecule has 4 nitrogen and oxygen atoms in total. The van der Waals surface area contributed by atoms with Crippen LogP contribution in [0.5, 0.6) is 5.75 Å². The third-order valence-corrected chi connectivity index (χ3v) is 3.68. The summed E-state index contributed by atoms with van der Waals surface area (Å²) >= 11 is 0. The molecule has 3 rings (SSSR count). The Bertz CT molecular complexity index is 818. The van der Waals surface area contributed by atoms with Crippen LogP contribution in [-0.4, -0.2) is 18.0 Å². The van der Waals surface area contributed by atoms with Gasteiger partial charge in [-0.1, -0.05) is 30.3 Å². The van der Waals surface area contributed by atoms with E-state index in [0.717, 1.165) is 16.7 Å². The van der Waals surface area contributed by atoms with E-state index in [0.29, 0.717) is 17.9 Å². The Kier molecular flexibility index (Phi) is 4.87. The molecule has 1 heterocycles. The summed E-state index contributed by atoms with van der Waals surface area (Å²) in [6.45, 7) is 0. The minimum absolute atomic E-state index is 0.0556. The van der Waals surface area contributed by atoms with Gasteiger partial charge in [0.1, 0.15) is 5.75 Å². The number of carbonyl (C=O) groups is 1. The molecule has 0 saturated carbocycles. The van der Waals surface area contributed by atoms with Crippen molar-refractivity contribution in [3.8, 4) is 16.9 Å². The molecule has 0 radical (unpaired) electrons. The van der Waals surface area contributed by atoms with Gasteiger partial charge in [0.15, 0.2) is 0 Å². The van der Waals surface area contributed by atoms with Crippen molar-refractivity contribution in [2.45, 2.75) is 6.42 Å². The first-order valence-corrected chi connectivity index (χ1v) is 7.68. The minimum Gasteiger partial charge on any atom is -0.496 e. The smallest absolute Gasteiger partial charge is 0.228 e. The van der Waals surface area contributed by atoms with Crippen LogP contribution >= 0.6 is 0 Å². The molecule has 0 aliphatic rings. The molecule has 0 atom stereocenters. The van der Waals surface area contributed by atoms with Crippen LogP contribution in [0, 0.1) is 0 Å². The number of amides is 1. The fourth-order valence-electron chi connectivity index (χ4n) is 2.53. The van der Waals surface area contributed by atoms with Crippen LogP contribution < -0.4 is 10.1 Å². The van der Waals surface area contributed by atoms with Crippen molar-refractivity contribution in [1.82, 2.24) is 4.98 Å². The van der Waals surface area contributed by atoms with Crippen LogP contribution in [0.4, 0.5) is 5.69 Å². The summed E-state index contributed by atoms with van der Waals surface area (Å²) in [7, 11) is 1.62. The van der Waals surface area contributed by atoms with Crippen LogP contribution in [0.15, 0.2) is 73.1 Å². The number of ether oxygens (including phenoxy) is 1. The Labute approximate surface area is 141 Å². The lowest BCUT2D eigenvalue weighted by atomic mass is 10.1. The predicted octanol–water partition coefficient (Wildman–Crippen LogP) is 3.94. The highest BCUT2D eigenvalue weighted by Gasteiger charge is 2.09.